The first kappa shape index (κ1) is 12.7. The number of rotatable bonds is 0. The van der Waals surface area contributed by atoms with E-state index < -0.39 is 5.60 Å². The molecule has 0 aromatic heterocycles. The normalized spacial score (nSPS) is 33.4. The quantitative estimate of drug-likeness (QED) is 0.706. The number of carbonyl (C=O) groups excluding carboxylic acids is 1. The van der Waals surface area contributed by atoms with Crippen molar-refractivity contribution in [1.82, 2.24) is 4.90 Å². The van der Waals surface area contributed by atoms with Gasteiger partial charge in [-0.05, 0) is 52.9 Å². The van der Waals surface area contributed by atoms with E-state index in [-0.39, 0.29) is 17.7 Å². The molecule has 2 rings (SSSR count). The van der Waals surface area contributed by atoms with Crippen LogP contribution in [0.2, 0.25) is 0 Å². The third-order valence-electron chi connectivity index (χ3n) is 3.74. The van der Waals surface area contributed by atoms with Crippen molar-refractivity contribution >= 4 is 6.09 Å². The predicted octanol–water partition coefficient (Wildman–Crippen LogP) is 2.27. The first-order chi connectivity index (χ1) is 7.82. The van der Waals surface area contributed by atoms with Crippen LogP contribution < -0.4 is 5.73 Å². The molecule has 4 heteroatoms. The fraction of sp³-hybridized carbons (Fsp3) is 0.923. The van der Waals surface area contributed by atoms with E-state index in [1.807, 2.05) is 25.7 Å². The van der Waals surface area contributed by atoms with Crippen LogP contribution in [0.1, 0.15) is 52.9 Å². The van der Waals surface area contributed by atoms with Crippen molar-refractivity contribution in [3.05, 3.63) is 0 Å². The zero-order valence-electron chi connectivity index (χ0n) is 11.2. The van der Waals surface area contributed by atoms with E-state index in [0.29, 0.717) is 0 Å². The van der Waals surface area contributed by atoms with Gasteiger partial charge in [0.15, 0.2) is 0 Å². The Morgan fingerprint density at radius 3 is 2.53 bits per heavy atom. The second-order valence-electron chi connectivity index (χ2n) is 6.48. The summed E-state index contributed by atoms with van der Waals surface area (Å²) in [5.41, 5.74) is 5.49. The standard InChI is InChI=1S/C13H24N2O2/c1-12(2,3)17-11(16)15-7-5-4-6-13(15)8-10(14)9-13/h10H,4-9,14H2,1-3H3. The monoisotopic (exact) mass is 240 g/mol. The molecule has 1 aliphatic heterocycles. The molecule has 1 saturated carbocycles. The summed E-state index contributed by atoms with van der Waals surface area (Å²) in [7, 11) is 0. The third kappa shape index (κ3) is 2.57. The first-order valence-corrected chi connectivity index (χ1v) is 6.59. The molecule has 0 atom stereocenters. The highest BCUT2D eigenvalue weighted by atomic mass is 16.6. The van der Waals surface area contributed by atoms with Crippen LogP contribution in [-0.4, -0.2) is 34.7 Å². The molecule has 98 valence electrons. The van der Waals surface area contributed by atoms with Gasteiger partial charge in [-0.3, -0.25) is 0 Å². The van der Waals surface area contributed by atoms with E-state index in [1.54, 1.807) is 0 Å². The Balaban J connectivity index is 2.04. The summed E-state index contributed by atoms with van der Waals surface area (Å²) in [5, 5.41) is 0. The predicted molar refractivity (Wildman–Crippen MR) is 66.7 cm³/mol. The minimum atomic E-state index is -0.415. The number of amides is 1. The van der Waals surface area contributed by atoms with Gasteiger partial charge in [0.05, 0.1) is 0 Å². The van der Waals surface area contributed by atoms with Gasteiger partial charge >= 0.3 is 6.09 Å². The fourth-order valence-electron chi connectivity index (χ4n) is 3.04. The van der Waals surface area contributed by atoms with E-state index in [2.05, 4.69) is 0 Å². The second-order valence-corrected chi connectivity index (χ2v) is 6.48. The van der Waals surface area contributed by atoms with Gasteiger partial charge in [0, 0.05) is 18.1 Å². The fourth-order valence-corrected chi connectivity index (χ4v) is 3.04. The van der Waals surface area contributed by atoms with Crippen LogP contribution in [-0.2, 0) is 4.74 Å². The van der Waals surface area contributed by atoms with Gasteiger partial charge in [0.1, 0.15) is 5.60 Å². The summed E-state index contributed by atoms with van der Waals surface area (Å²) in [6.07, 6.45) is 5.07. The second kappa shape index (κ2) is 4.16. The van der Waals surface area contributed by atoms with Crippen LogP contribution in [0.4, 0.5) is 4.79 Å². The molecule has 0 aromatic rings. The lowest BCUT2D eigenvalue weighted by molar-refractivity contribution is -0.0492. The van der Waals surface area contributed by atoms with Crippen molar-refractivity contribution in [2.24, 2.45) is 5.73 Å². The third-order valence-corrected chi connectivity index (χ3v) is 3.74. The van der Waals surface area contributed by atoms with Gasteiger partial charge < -0.3 is 15.4 Å². The van der Waals surface area contributed by atoms with Crippen LogP contribution in [0, 0.1) is 0 Å². The molecule has 2 fully saturated rings. The number of hydrogen-bond donors (Lipinski definition) is 1. The highest BCUT2D eigenvalue weighted by Crippen LogP contribution is 2.44. The Labute approximate surface area is 103 Å². The molecular weight excluding hydrogens is 216 g/mol. The van der Waals surface area contributed by atoms with Gasteiger partial charge in [-0.15, -0.1) is 0 Å². The number of ether oxygens (including phenoxy) is 1. The molecule has 0 bridgehead atoms. The summed E-state index contributed by atoms with van der Waals surface area (Å²) >= 11 is 0. The minimum Gasteiger partial charge on any atom is -0.444 e. The summed E-state index contributed by atoms with van der Waals surface area (Å²) < 4.78 is 5.49. The zero-order valence-corrected chi connectivity index (χ0v) is 11.2. The van der Waals surface area contributed by atoms with Crippen LogP contribution in [0.15, 0.2) is 0 Å². The number of carbonyl (C=O) groups is 1. The molecule has 0 aromatic carbocycles. The van der Waals surface area contributed by atoms with E-state index >= 15 is 0 Å². The van der Waals surface area contributed by atoms with Gasteiger partial charge in [0.25, 0.3) is 0 Å². The van der Waals surface area contributed by atoms with Gasteiger partial charge in [0.2, 0.25) is 0 Å². The van der Waals surface area contributed by atoms with Crippen molar-refractivity contribution in [3.63, 3.8) is 0 Å². The molecular formula is C13H24N2O2. The van der Waals surface area contributed by atoms with Crippen molar-refractivity contribution in [2.45, 2.75) is 70.1 Å². The summed E-state index contributed by atoms with van der Waals surface area (Å²) in [6, 6.07) is 0.262. The largest absolute Gasteiger partial charge is 0.444 e. The molecule has 2 N–H and O–H groups in total. The highest BCUT2D eigenvalue weighted by Gasteiger charge is 2.50. The summed E-state index contributed by atoms with van der Waals surface area (Å²) in [4.78, 5) is 14.1. The number of hydrogen-bond acceptors (Lipinski definition) is 3. The summed E-state index contributed by atoms with van der Waals surface area (Å²) in [6.45, 7) is 6.55. The maximum Gasteiger partial charge on any atom is 0.410 e. The molecule has 2 aliphatic rings. The SMILES string of the molecule is CC(C)(C)OC(=O)N1CCCCC12CC(N)C2. The lowest BCUT2D eigenvalue weighted by Gasteiger charge is -2.55. The average Bonchev–Trinajstić information content (AvgIpc) is 2.13. The summed E-state index contributed by atoms with van der Waals surface area (Å²) in [5.74, 6) is 0. The van der Waals surface area contributed by atoms with Gasteiger partial charge in [-0.1, -0.05) is 0 Å². The molecule has 17 heavy (non-hydrogen) atoms. The van der Waals surface area contributed by atoms with Crippen molar-refractivity contribution in [1.29, 1.82) is 0 Å². The topological polar surface area (TPSA) is 55.6 Å². The van der Waals surface area contributed by atoms with Crippen LogP contribution in [0.3, 0.4) is 0 Å². The Morgan fingerprint density at radius 1 is 1.35 bits per heavy atom. The van der Waals surface area contributed by atoms with Crippen LogP contribution in [0.5, 0.6) is 0 Å². The molecule has 1 heterocycles. The average molecular weight is 240 g/mol. The Kier molecular flexibility index (Phi) is 3.10. The minimum absolute atomic E-state index is 0.0139. The lowest BCUT2D eigenvalue weighted by atomic mass is 9.67. The molecule has 1 spiro atoms. The van der Waals surface area contributed by atoms with Crippen molar-refractivity contribution in [3.8, 4) is 0 Å². The zero-order chi connectivity index (χ0) is 12.7. The van der Waals surface area contributed by atoms with Crippen molar-refractivity contribution < 1.29 is 9.53 Å². The Bertz CT molecular complexity index is 298. The molecule has 4 nitrogen and oxygen atoms in total. The van der Waals surface area contributed by atoms with Crippen molar-refractivity contribution in [2.75, 3.05) is 6.54 Å². The smallest absolute Gasteiger partial charge is 0.410 e. The molecule has 0 unspecified atom stereocenters. The van der Waals surface area contributed by atoms with E-state index in [9.17, 15) is 4.79 Å². The van der Waals surface area contributed by atoms with Gasteiger partial charge in [-0.2, -0.15) is 0 Å². The number of piperidine rings is 1. The number of nitrogens with two attached hydrogens (primary N) is 1. The van der Waals surface area contributed by atoms with E-state index in [4.69, 9.17) is 10.5 Å². The van der Waals surface area contributed by atoms with Gasteiger partial charge in [-0.25, -0.2) is 4.79 Å². The van der Waals surface area contributed by atoms with Crippen LogP contribution >= 0.6 is 0 Å². The molecule has 1 aliphatic carbocycles. The molecule has 1 saturated heterocycles. The Morgan fingerprint density at radius 2 is 2.00 bits per heavy atom. The lowest BCUT2D eigenvalue weighted by Crippen LogP contribution is -2.65. The van der Waals surface area contributed by atoms with E-state index in [1.165, 1.54) is 6.42 Å². The molecule has 1 amide bonds. The highest BCUT2D eigenvalue weighted by molar-refractivity contribution is 5.69. The number of likely N-dealkylation sites (tertiary alicyclic amines) is 1. The maximum absolute atomic E-state index is 12.2. The Hall–Kier alpha value is -0.770. The number of nitrogens with zero attached hydrogens (tertiary/aromatic N) is 1. The maximum atomic E-state index is 12.2. The first-order valence-electron chi connectivity index (χ1n) is 6.59. The van der Waals surface area contributed by atoms with E-state index in [0.717, 1.165) is 32.2 Å². The van der Waals surface area contributed by atoms with Crippen LogP contribution in [0.25, 0.3) is 0 Å². The molecule has 0 radical (unpaired) electrons.